The maximum Gasteiger partial charge on any atom is 0.0972 e. The van der Waals surface area contributed by atoms with Crippen LogP contribution in [0.25, 0.3) is 93.6 Å². The van der Waals surface area contributed by atoms with Gasteiger partial charge in [-0.05, 0) is 75.0 Å². The second-order valence-electron chi connectivity index (χ2n) is 14.6. The molecule has 0 atom stereocenters. The molecule has 11 rings (SSSR count). The highest BCUT2D eigenvalue weighted by Crippen LogP contribution is 2.54. The van der Waals surface area contributed by atoms with Crippen LogP contribution in [-0.4, -0.2) is 14.5 Å². The molecule has 0 saturated heterocycles. The Morgan fingerprint density at radius 1 is 0.500 bits per heavy atom. The van der Waals surface area contributed by atoms with Crippen molar-refractivity contribution in [3.63, 3.8) is 0 Å². The summed E-state index contributed by atoms with van der Waals surface area (Å²) >= 11 is 0. The first-order valence-corrected chi connectivity index (χ1v) is 18.0. The monoisotopic (exact) mass is 663 g/mol. The summed E-state index contributed by atoms with van der Waals surface area (Å²) < 4.78 is 2.47. The molecular weight excluding hydrogens is 631 g/mol. The Morgan fingerprint density at radius 3 is 2.04 bits per heavy atom. The summed E-state index contributed by atoms with van der Waals surface area (Å²) in [4.78, 5) is 9.92. The van der Waals surface area contributed by atoms with E-state index in [4.69, 9.17) is 9.97 Å². The molecule has 0 amide bonds. The molecule has 0 aliphatic heterocycles. The van der Waals surface area contributed by atoms with Gasteiger partial charge in [-0.3, -0.25) is 4.98 Å². The maximum absolute atomic E-state index is 5.22. The summed E-state index contributed by atoms with van der Waals surface area (Å²) in [7, 11) is 0. The van der Waals surface area contributed by atoms with Crippen LogP contribution in [0, 0.1) is 0 Å². The summed E-state index contributed by atoms with van der Waals surface area (Å²) in [5, 5.41) is 7.18. The van der Waals surface area contributed by atoms with Gasteiger partial charge in [-0.2, -0.15) is 0 Å². The molecule has 0 radical (unpaired) electrons. The quantitative estimate of drug-likeness (QED) is 0.176. The predicted octanol–water partition coefficient (Wildman–Crippen LogP) is 12.7. The molecule has 7 aromatic carbocycles. The molecule has 3 aromatic heterocycles. The van der Waals surface area contributed by atoms with Crippen molar-refractivity contribution in [2.75, 3.05) is 0 Å². The van der Waals surface area contributed by atoms with E-state index in [0.29, 0.717) is 0 Å². The van der Waals surface area contributed by atoms with E-state index in [9.17, 15) is 0 Å². The summed E-state index contributed by atoms with van der Waals surface area (Å²) in [6.07, 6.45) is 1.85. The number of pyridine rings is 2. The first kappa shape index (κ1) is 29.2. The van der Waals surface area contributed by atoms with E-state index in [1.807, 2.05) is 12.3 Å². The van der Waals surface area contributed by atoms with E-state index in [0.717, 1.165) is 33.1 Å². The topological polar surface area (TPSA) is 30.7 Å². The van der Waals surface area contributed by atoms with Crippen LogP contribution in [0.1, 0.15) is 25.0 Å². The summed E-state index contributed by atoms with van der Waals surface area (Å²) in [6, 6.07) is 57.4. The lowest BCUT2D eigenvalue weighted by Crippen LogP contribution is -2.15. The lowest BCUT2D eigenvalue weighted by molar-refractivity contribution is 0.661. The highest BCUT2D eigenvalue weighted by Gasteiger charge is 2.38. The SMILES string of the molecule is CC1(C)c2cc(-c3ccc(-c4ccc5ccc6cccnc6c5n4)c4ccccc34)ccc2-c2c1ccc1c3ccccc3n(-c3ccccc3)c21. The lowest BCUT2D eigenvalue weighted by Gasteiger charge is -2.22. The van der Waals surface area contributed by atoms with Crippen molar-refractivity contribution in [3.05, 3.63) is 175 Å². The number of benzene rings is 7. The molecule has 52 heavy (non-hydrogen) atoms. The minimum Gasteiger partial charge on any atom is -0.309 e. The van der Waals surface area contributed by atoms with Gasteiger partial charge in [0.1, 0.15) is 0 Å². The summed E-state index contributed by atoms with van der Waals surface area (Å²) in [6.45, 7) is 4.77. The number of hydrogen-bond acceptors (Lipinski definition) is 2. The van der Waals surface area contributed by atoms with E-state index in [1.165, 1.54) is 71.6 Å². The first-order valence-electron chi connectivity index (χ1n) is 18.0. The third-order valence-electron chi connectivity index (χ3n) is 11.4. The molecule has 1 aliphatic carbocycles. The van der Waals surface area contributed by atoms with Crippen molar-refractivity contribution in [3.8, 4) is 39.2 Å². The van der Waals surface area contributed by atoms with Crippen molar-refractivity contribution in [2.24, 2.45) is 0 Å². The minimum absolute atomic E-state index is 0.172. The zero-order chi connectivity index (χ0) is 34.6. The molecule has 0 unspecified atom stereocenters. The van der Waals surface area contributed by atoms with Gasteiger partial charge < -0.3 is 4.57 Å². The Morgan fingerprint density at radius 2 is 1.19 bits per heavy atom. The van der Waals surface area contributed by atoms with E-state index in [1.54, 1.807) is 0 Å². The highest BCUT2D eigenvalue weighted by molar-refractivity contribution is 6.16. The Labute approximate surface area is 301 Å². The van der Waals surface area contributed by atoms with Crippen LogP contribution in [0.2, 0.25) is 0 Å². The van der Waals surface area contributed by atoms with Gasteiger partial charge in [0.15, 0.2) is 0 Å². The van der Waals surface area contributed by atoms with Crippen LogP contribution in [0.3, 0.4) is 0 Å². The van der Waals surface area contributed by atoms with Crippen LogP contribution in [0.15, 0.2) is 164 Å². The molecule has 0 N–H and O–H groups in total. The second kappa shape index (κ2) is 10.7. The van der Waals surface area contributed by atoms with Crippen LogP contribution < -0.4 is 0 Å². The number of fused-ring (bicyclic) bond motifs is 11. The van der Waals surface area contributed by atoms with E-state index >= 15 is 0 Å². The number of aromatic nitrogens is 3. The molecule has 0 fully saturated rings. The predicted molar refractivity (Wildman–Crippen MR) is 217 cm³/mol. The van der Waals surface area contributed by atoms with Crippen LogP contribution in [0.4, 0.5) is 0 Å². The highest BCUT2D eigenvalue weighted by atomic mass is 15.0. The Bertz CT molecular complexity index is 3100. The van der Waals surface area contributed by atoms with Gasteiger partial charge in [0.2, 0.25) is 0 Å². The third kappa shape index (κ3) is 4.02. The molecule has 10 aromatic rings. The molecule has 3 nitrogen and oxygen atoms in total. The number of hydrogen-bond donors (Lipinski definition) is 0. The fourth-order valence-electron chi connectivity index (χ4n) is 8.94. The van der Waals surface area contributed by atoms with Gasteiger partial charge in [0.25, 0.3) is 0 Å². The third-order valence-corrected chi connectivity index (χ3v) is 11.4. The van der Waals surface area contributed by atoms with Gasteiger partial charge in [-0.15, -0.1) is 0 Å². The number of rotatable bonds is 3. The maximum atomic E-state index is 5.22. The van der Waals surface area contributed by atoms with Gasteiger partial charge in [0.05, 0.1) is 27.8 Å². The number of para-hydroxylation sites is 2. The van der Waals surface area contributed by atoms with Gasteiger partial charge >= 0.3 is 0 Å². The Hall–Kier alpha value is -6.58. The average Bonchev–Trinajstić information content (AvgIpc) is 3.66. The largest absolute Gasteiger partial charge is 0.309 e. The molecule has 3 heteroatoms. The standard InChI is InChI=1S/C49H33N3/c1-49(2)41-26-25-39-38-16-8-9-17-44(38)52(33-12-4-3-5-13-33)48(39)45(41)40-22-20-32(29-42(40)49)34-23-24-37(36-15-7-6-14-35(34)36)43-27-21-31-19-18-30-11-10-28-50-46(30)47(31)51-43/h3-29H,1-2H3. The van der Waals surface area contributed by atoms with E-state index < -0.39 is 0 Å². The average molecular weight is 664 g/mol. The van der Waals surface area contributed by atoms with Crippen LogP contribution in [-0.2, 0) is 5.41 Å². The zero-order valence-corrected chi connectivity index (χ0v) is 28.9. The van der Waals surface area contributed by atoms with Crippen molar-refractivity contribution in [2.45, 2.75) is 19.3 Å². The van der Waals surface area contributed by atoms with Crippen molar-refractivity contribution < 1.29 is 0 Å². The minimum atomic E-state index is -0.172. The fraction of sp³-hybridized carbons (Fsp3) is 0.0612. The molecule has 1 aliphatic rings. The second-order valence-corrected chi connectivity index (χ2v) is 14.6. The molecular formula is C49H33N3. The summed E-state index contributed by atoms with van der Waals surface area (Å²) in [5.41, 5.74) is 15.3. The number of nitrogens with zero attached hydrogens (tertiary/aromatic N) is 3. The molecule has 0 bridgehead atoms. The van der Waals surface area contributed by atoms with Crippen LogP contribution in [0.5, 0.6) is 0 Å². The lowest BCUT2D eigenvalue weighted by atomic mass is 9.81. The molecule has 0 spiro atoms. The smallest absolute Gasteiger partial charge is 0.0972 e. The Balaban J connectivity index is 1.10. The zero-order valence-electron chi connectivity index (χ0n) is 28.9. The van der Waals surface area contributed by atoms with Gasteiger partial charge in [0, 0.05) is 50.0 Å². The van der Waals surface area contributed by atoms with Gasteiger partial charge in [-0.1, -0.05) is 135 Å². The molecule has 244 valence electrons. The first-order chi connectivity index (χ1) is 25.6. The van der Waals surface area contributed by atoms with Gasteiger partial charge in [-0.25, -0.2) is 4.98 Å². The fourth-order valence-corrected chi connectivity index (χ4v) is 8.94. The van der Waals surface area contributed by atoms with E-state index in [-0.39, 0.29) is 5.41 Å². The molecule has 0 saturated carbocycles. The molecule has 3 heterocycles. The van der Waals surface area contributed by atoms with Crippen molar-refractivity contribution >= 4 is 54.4 Å². The van der Waals surface area contributed by atoms with Crippen molar-refractivity contribution in [1.82, 2.24) is 14.5 Å². The Kier molecular flexibility index (Phi) is 6.01. The normalized spacial score (nSPS) is 13.3. The van der Waals surface area contributed by atoms with Crippen molar-refractivity contribution in [1.29, 1.82) is 0 Å². The summed E-state index contributed by atoms with van der Waals surface area (Å²) in [5.74, 6) is 0. The van der Waals surface area contributed by atoms with Crippen LogP contribution >= 0.6 is 0 Å². The van der Waals surface area contributed by atoms with E-state index in [2.05, 4.69) is 170 Å².